The molecule has 0 spiro atoms. The Balaban J connectivity index is 2.96. The van der Waals surface area contributed by atoms with Crippen LogP contribution in [-0.2, 0) is 11.3 Å². The quantitative estimate of drug-likeness (QED) is 0.603. The second kappa shape index (κ2) is 3.52. The van der Waals surface area contributed by atoms with Gasteiger partial charge in [-0.25, -0.2) is 0 Å². The number of nitrogens with zero attached hydrogens (tertiary/aromatic N) is 3. The van der Waals surface area contributed by atoms with E-state index in [1.54, 1.807) is 0 Å². The molecule has 0 fully saturated rings. The van der Waals surface area contributed by atoms with Gasteiger partial charge in [-0.15, -0.1) is 0 Å². The highest BCUT2D eigenvalue weighted by atomic mass is 79.9. The molecule has 70 valence electrons. The Morgan fingerprint density at radius 2 is 2.46 bits per heavy atom. The van der Waals surface area contributed by atoms with Crippen molar-refractivity contribution in [2.45, 2.75) is 6.54 Å². The lowest BCUT2D eigenvalue weighted by atomic mass is 10.6. The fourth-order valence-electron chi connectivity index (χ4n) is 0.747. The van der Waals surface area contributed by atoms with E-state index in [2.05, 4.69) is 20.9 Å². The number of rotatable bonds is 3. The van der Waals surface area contributed by atoms with Gasteiger partial charge >= 0.3 is 5.82 Å². The van der Waals surface area contributed by atoms with Crippen LogP contribution in [0.25, 0.3) is 0 Å². The van der Waals surface area contributed by atoms with Gasteiger partial charge in [0.1, 0.15) is 12.7 Å². The topological polar surface area (TPSA) is 104 Å². The number of carbonyl (C=O) groups excluding carboxylic acids is 1. The number of hydrogen-bond donors (Lipinski definition) is 1. The number of hydrogen-bond acceptors (Lipinski definition) is 4. The lowest BCUT2D eigenvalue weighted by Gasteiger charge is -1.94. The molecule has 1 aromatic rings. The predicted octanol–water partition coefficient (Wildman–Crippen LogP) is 0.0391. The fourth-order valence-corrected chi connectivity index (χ4v) is 1.16. The van der Waals surface area contributed by atoms with Gasteiger partial charge in [0.05, 0.1) is 0 Å². The van der Waals surface area contributed by atoms with Gasteiger partial charge in [-0.05, 0) is 9.91 Å². The highest BCUT2D eigenvalue weighted by Gasteiger charge is 2.16. The standard InChI is InChI=1S/C5H5BrN4O3/c6-5-8-4(10(12)13)2-9(5)1-3(7)11/h2H,1H2,(H2,7,11). The van der Waals surface area contributed by atoms with Crippen LogP contribution < -0.4 is 5.73 Å². The Labute approximate surface area is 80.8 Å². The molecule has 13 heavy (non-hydrogen) atoms. The zero-order chi connectivity index (χ0) is 10.0. The molecule has 0 aliphatic heterocycles. The number of amides is 1. The molecule has 1 heterocycles. The maximum absolute atomic E-state index is 10.5. The maximum Gasteiger partial charge on any atom is 0.382 e. The van der Waals surface area contributed by atoms with Crippen molar-refractivity contribution >= 4 is 27.7 Å². The second-order valence-corrected chi connectivity index (χ2v) is 2.93. The molecule has 0 bridgehead atoms. The van der Waals surface area contributed by atoms with Crippen molar-refractivity contribution in [2.24, 2.45) is 5.73 Å². The van der Waals surface area contributed by atoms with E-state index in [1.807, 2.05) is 0 Å². The number of carbonyl (C=O) groups is 1. The molecule has 0 atom stereocenters. The van der Waals surface area contributed by atoms with E-state index in [0.29, 0.717) is 0 Å². The number of aromatic nitrogens is 2. The molecule has 0 radical (unpaired) electrons. The van der Waals surface area contributed by atoms with Crippen LogP contribution in [0.5, 0.6) is 0 Å². The van der Waals surface area contributed by atoms with Gasteiger partial charge in [0.2, 0.25) is 5.91 Å². The second-order valence-electron chi connectivity index (χ2n) is 2.22. The van der Waals surface area contributed by atoms with Gasteiger partial charge in [-0.2, -0.15) is 0 Å². The first-order valence-corrected chi connectivity index (χ1v) is 3.95. The average Bonchev–Trinajstić information content (AvgIpc) is 2.31. The zero-order valence-electron chi connectivity index (χ0n) is 6.31. The van der Waals surface area contributed by atoms with Crippen LogP contribution in [-0.4, -0.2) is 20.4 Å². The molecule has 0 aliphatic rings. The Morgan fingerprint density at radius 3 is 2.85 bits per heavy atom. The van der Waals surface area contributed by atoms with Crippen LogP contribution in [0.3, 0.4) is 0 Å². The molecule has 7 nitrogen and oxygen atoms in total. The maximum atomic E-state index is 10.5. The lowest BCUT2D eigenvalue weighted by molar-refractivity contribution is -0.389. The summed E-state index contributed by atoms with van der Waals surface area (Å²) in [7, 11) is 0. The first-order chi connectivity index (χ1) is 6.00. The normalized spacial score (nSPS) is 9.92. The lowest BCUT2D eigenvalue weighted by Crippen LogP contribution is -2.18. The minimum Gasteiger partial charge on any atom is -0.368 e. The van der Waals surface area contributed by atoms with Crippen LogP contribution in [0.2, 0.25) is 0 Å². The third-order valence-electron chi connectivity index (χ3n) is 1.23. The molecule has 2 N–H and O–H groups in total. The Bertz CT molecular complexity index is 361. The van der Waals surface area contributed by atoms with Crippen LogP contribution in [0, 0.1) is 10.1 Å². The molecule has 1 aromatic heterocycles. The molecule has 1 amide bonds. The summed E-state index contributed by atoms with van der Waals surface area (Å²) in [6.45, 7) is -0.137. The molecular formula is C5H5BrN4O3. The van der Waals surface area contributed by atoms with Crippen molar-refractivity contribution in [2.75, 3.05) is 0 Å². The average molecular weight is 249 g/mol. The Morgan fingerprint density at radius 1 is 1.85 bits per heavy atom. The molecule has 0 unspecified atom stereocenters. The van der Waals surface area contributed by atoms with E-state index in [9.17, 15) is 14.9 Å². The van der Waals surface area contributed by atoms with Gasteiger partial charge in [-0.3, -0.25) is 9.36 Å². The summed E-state index contributed by atoms with van der Waals surface area (Å²) in [4.78, 5) is 23.6. The van der Waals surface area contributed by atoms with Crippen molar-refractivity contribution in [3.63, 3.8) is 0 Å². The fraction of sp³-hybridized carbons (Fsp3) is 0.200. The summed E-state index contributed by atoms with van der Waals surface area (Å²) >= 11 is 2.95. The van der Waals surface area contributed by atoms with Gasteiger partial charge in [-0.1, -0.05) is 0 Å². The number of nitro groups is 1. The van der Waals surface area contributed by atoms with Crippen LogP contribution in [0.15, 0.2) is 10.9 Å². The number of halogens is 1. The smallest absolute Gasteiger partial charge is 0.368 e. The highest BCUT2D eigenvalue weighted by molar-refractivity contribution is 9.10. The Kier molecular flexibility index (Phi) is 2.61. The summed E-state index contributed by atoms with van der Waals surface area (Å²) in [5.74, 6) is -0.916. The molecule has 0 saturated heterocycles. The largest absolute Gasteiger partial charge is 0.382 e. The molecule has 1 rings (SSSR count). The van der Waals surface area contributed by atoms with E-state index in [1.165, 1.54) is 4.57 Å². The first-order valence-electron chi connectivity index (χ1n) is 3.16. The van der Waals surface area contributed by atoms with E-state index >= 15 is 0 Å². The van der Waals surface area contributed by atoms with Crippen molar-refractivity contribution < 1.29 is 9.72 Å². The van der Waals surface area contributed by atoms with Crippen molar-refractivity contribution in [1.29, 1.82) is 0 Å². The number of imidazole rings is 1. The van der Waals surface area contributed by atoms with E-state index in [-0.39, 0.29) is 17.1 Å². The third-order valence-corrected chi connectivity index (χ3v) is 1.86. The van der Waals surface area contributed by atoms with E-state index < -0.39 is 10.8 Å². The SMILES string of the molecule is NC(=O)Cn1cc([N+](=O)[O-])nc1Br. The van der Waals surface area contributed by atoms with Crippen molar-refractivity contribution in [3.05, 3.63) is 21.0 Å². The predicted molar refractivity (Wildman–Crippen MR) is 45.8 cm³/mol. The van der Waals surface area contributed by atoms with E-state index in [0.717, 1.165) is 6.20 Å². The summed E-state index contributed by atoms with van der Waals surface area (Å²) < 4.78 is 1.46. The minimum absolute atomic E-state index is 0.137. The molecule has 0 saturated carbocycles. The zero-order valence-corrected chi connectivity index (χ0v) is 7.89. The minimum atomic E-state index is -0.651. The van der Waals surface area contributed by atoms with Crippen LogP contribution in [0.4, 0.5) is 5.82 Å². The van der Waals surface area contributed by atoms with E-state index in [4.69, 9.17) is 5.73 Å². The van der Waals surface area contributed by atoms with Gasteiger partial charge in [0.25, 0.3) is 4.73 Å². The van der Waals surface area contributed by atoms with Crippen LogP contribution in [0.1, 0.15) is 0 Å². The monoisotopic (exact) mass is 248 g/mol. The van der Waals surface area contributed by atoms with Crippen molar-refractivity contribution in [3.8, 4) is 0 Å². The number of nitrogens with two attached hydrogens (primary N) is 1. The summed E-state index contributed by atoms with van der Waals surface area (Å²) in [6.07, 6.45) is 1.13. The third kappa shape index (κ3) is 2.25. The molecule has 8 heteroatoms. The highest BCUT2D eigenvalue weighted by Crippen LogP contribution is 2.15. The van der Waals surface area contributed by atoms with Gasteiger partial charge in [0.15, 0.2) is 0 Å². The summed E-state index contributed by atoms with van der Waals surface area (Å²) in [5, 5.41) is 10.2. The van der Waals surface area contributed by atoms with Gasteiger partial charge < -0.3 is 15.8 Å². The van der Waals surface area contributed by atoms with Crippen molar-refractivity contribution in [1.82, 2.24) is 9.55 Å². The summed E-state index contributed by atoms with van der Waals surface area (Å²) in [6, 6.07) is 0. The molecule has 0 aliphatic carbocycles. The van der Waals surface area contributed by atoms with Crippen LogP contribution >= 0.6 is 15.9 Å². The summed E-state index contributed by atoms with van der Waals surface area (Å²) in [5.41, 5.74) is 4.90. The first kappa shape index (κ1) is 9.65. The number of primary amides is 1. The molecular weight excluding hydrogens is 244 g/mol. The molecule has 0 aromatic carbocycles. The Hall–Kier alpha value is -1.44. The van der Waals surface area contributed by atoms with Gasteiger partial charge in [0, 0.05) is 15.9 Å².